The van der Waals surface area contributed by atoms with Gasteiger partial charge in [0, 0.05) is 36.7 Å². The van der Waals surface area contributed by atoms with Crippen LogP contribution in [0.2, 0.25) is 0 Å². The van der Waals surface area contributed by atoms with Crippen LogP contribution in [0.15, 0.2) is 30.3 Å². The van der Waals surface area contributed by atoms with E-state index in [1.807, 2.05) is 30.7 Å². The highest BCUT2D eigenvalue weighted by Crippen LogP contribution is 2.40. The topological polar surface area (TPSA) is 78.5 Å². The maximum atomic E-state index is 15.7. The molecule has 0 radical (unpaired) electrons. The van der Waals surface area contributed by atoms with Gasteiger partial charge in [-0.1, -0.05) is 12.1 Å². The summed E-state index contributed by atoms with van der Waals surface area (Å²) in [6.07, 6.45) is 5.97. The summed E-state index contributed by atoms with van der Waals surface area (Å²) in [5.41, 5.74) is 6.83. The van der Waals surface area contributed by atoms with Gasteiger partial charge in [-0.3, -0.25) is 4.68 Å². The van der Waals surface area contributed by atoms with Gasteiger partial charge in [-0.25, -0.2) is 9.18 Å². The van der Waals surface area contributed by atoms with E-state index >= 15 is 4.39 Å². The number of hydrogen-bond acceptors (Lipinski definition) is 4. The number of aryl methyl sites for hydroxylation is 5. The van der Waals surface area contributed by atoms with Gasteiger partial charge in [-0.05, 0) is 86.8 Å². The highest BCUT2D eigenvalue weighted by atomic mass is 19.1. The third-order valence-corrected chi connectivity index (χ3v) is 8.16. The maximum Gasteiger partial charge on any atom is 0.352 e. The van der Waals surface area contributed by atoms with Crippen molar-refractivity contribution in [2.75, 3.05) is 13.2 Å². The van der Waals surface area contributed by atoms with Crippen LogP contribution in [-0.4, -0.2) is 38.6 Å². The lowest BCUT2D eigenvalue weighted by Gasteiger charge is -2.13. The number of halogens is 1. The highest BCUT2D eigenvalue weighted by Gasteiger charge is 2.29. The molecule has 0 bridgehead atoms. The molecule has 7 nitrogen and oxygen atoms in total. The standard InChI is InChI=1S/C31H34FN3O4/c1-19-27-25(34(2)33-19)18-38-16-4-3-15-35-29-23(13-14-24(32)28(27)29)22(30(35)31(36)37)11-7-17-39-26-12-6-9-20-8-5-10-21(20)26/h6,9,12-14H,3-5,7-8,10-11,15-18H2,1-2H3,(H,36,37). The largest absolute Gasteiger partial charge is 0.493 e. The van der Waals surface area contributed by atoms with Gasteiger partial charge in [-0.15, -0.1) is 0 Å². The average molecular weight is 532 g/mol. The van der Waals surface area contributed by atoms with Gasteiger partial charge in [0.05, 0.1) is 30.1 Å². The molecule has 0 fully saturated rings. The van der Waals surface area contributed by atoms with Gasteiger partial charge in [0.15, 0.2) is 0 Å². The first-order valence-electron chi connectivity index (χ1n) is 13.9. The van der Waals surface area contributed by atoms with Crippen LogP contribution in [0.4, 0.5) is 4.39 Å². The Morgan fingerprint density at radius 2 is 2.03 bits per heavy atom. The van der Waals surface area contributed by atoms with Crippen LogP contribution in [0.25, 0.3) is 22.0 Å². The SMILES string of the molecule is Cc1nn(C)c2c1-c1c(F)ccc3c(CCCOc4cccc5c4CCC5)c(C(=O)O)n(c13)CCCCOC2. The van der Waals surface area contributed by atoms with Gasteiger partial charge in [-0.2, -0.15) is 5.10 Å². The first kappa shape index (κ1) is 25.6. The number of aromatic carboxylic acids is 1. The summed E-state index contributed by atoms with van der Waals surface area (Å²) in [5.74, 6) is -0.447. The van der Waals surface area contributed by atoms with Crippen LogP contribution in [-0.2, 0) is 44.2 Å². The Kier molecular flexibility index (Phi) is 6.89. The minimum absolute atomic E-state index is 0.237. The minimum Gasteiger partial charge on any atom is -0.493 e. The van der Waals surface area contributed by atoms with Gasteiger partial charge < -0.3 is 19.1 Å². The highest BCUT2D eigenvalue weighted by molar-refractivity contribution is 6.04. The molecule has 4 aromatic rings. The van der Waals surface area contributed by atoms with E-state index in [4.69, 9.17) is 9.47 Å². The number of carboxylic acids is 1. The monoisotopic (exact) mass is 531 g/mol. The zero-order valence-electron chi connectivity index (χ0n) is 22.6. The Labute approximate surface area is 227 Å². The zero-order valence-corrected chi connectivity index (χ0v) is 22.6. The third kappa shape index (κ3) is 4.50. The van der Waals surface area contributed by atoms with Crippen LogP contribution in [0.5, 0.6) is 5.75 Å². The normalized spacial score (nSPS) is 15.2. The molecular weight excluding hydrogens is 497 g/mol. The second kappa shape index (κ2) is 10.5. The number of nitrogens with zero attached hydrogens (tertiary/aromatic N) is 3. The summed E-state index contributed by atoms with van der Waals surface area (Å²) in [6, 6.07) is 9.42. The molecule has 2 aliphatic rings. The van der Waals surface area contributed by atoms with Gasteiger partial charge in [0.25, 0.3) is 0 Å². The van der Waals surface area contributed by atoms with Crippen molar-refractivity contribution in [2.45, 2.75) is 65.0 Å². The van der Waals surface area contributed by atoms with Crippen molar-refractivity contribution in [1.29, 1.82) is 0 Å². The second-order valence-electron chi connectivity index (χ2n) is 10.6. The second-order valence-corrected chi connectivity index (χ2v) is 10.6. The van der Waals surface area contributed by atoms with E-state index in [2.05, 4.69) is 11.2 Å². The van der Waals surface area contributed by atoms with Crippen LogP contribution in [0.3, 0.4) is 0 Å². The molecular formula is C31H34FN3O4. The van der Waals surface area contributed by atoms with Crippen molar-refractivity contribution in [3.63, 3.8) is 0 Å². The molecule has 0 spiro atoms. The number of aromatic nitrogens is 3. The fourth-order valence-corrected chi connectivity index (χ4v) is 6.44. The van der Waals surface area contributed by atoms with Crippen LogP contribution in [0, 0.1) is 12.7 Å². The smallest absolute Gasteiger partial charge is 0.352 e. The third-order valence-electron chi connectivity index (χ3n) is 8.16. The minimum atomic E-state index is -0.997. The summed E-state index contributed by atoms with van der Waals surface area (Å²) in [4.78, 5) is 12.7. The summed E-state index contributed by atoms with van der Waals surface area (Å²) < 4.78 is 31.4. The quantitative estimate of drug-likeness (QED) is 0.309. The molecule has 1 aliphatic carbocycles. The van der Waals surface area contributed by atoms with E-state index in [-0.39, 0.29) is 11.5 Å². The zero-order chi connectivity index (χ0) is 27.1. The Morgan fingerprint density at radius 3 is 2.87 bits per heavy atom. The van der Waals surface area contributed by atoms with Crippen LogP contribution >= 0.6 is 0 Å². The van der Waals surface area contributed by atoms with Crippen LogP contribution < -0.4 is 4.74 Å². The van der Waals surface area contributed by atoms with Crippen molar-refractivity contribution in [3.8, 4) is 16.9 Å². The molecule has 2 aromatic heterocycles. The van der Waals surface area contributed by atoms with E-state index < -0.39 is 5.97 Å². The number of carboxylic acid groups (broad SMARTS) is 1. The van der Waals surface area contributed by atoms with E-state index in [1.54, 1.807) is 10.7 Å². The summed E-state index contributed by atoms with van der Waals surface area (Å²) >= 11 is 0. The van der Waals surface area contributed by atoms with Crippen LogP contribution in [0.1, 0.15) is 64.2 Å². The lowest BCUT2D eigenvalue weighted by molar-refractivity contribution is 0.0683. The van der Waals surface area contributed by atoms with E-state index in [1.165, 1.54) is 17.2 Å². The first-order chi connectivity index (χ1) is 19.0. The predicted molar refractivity (Wildman–Crippen MR) is 147 cm³/mol. The molecule has 0 unspecified atom stereocenters. The predicted octanol–water partition coefficient (Wildman–Crippen LogP) is 6.00. The Hall–Kier alpha value is -3.65. The molecule has 8 heteroatoms. The number of ether oxygens (including phenoxy) is 2. The molecule has 0 atom stereocenters. The molecule has 1 aliphatic heterocycles. The number of hydrogen-bond donors (Lipinski definition) is 1. The lowest BCUT2D eigenvalue weighted by Crippen LogP contribution is -2.12. The summed E-state index contributed by atoms with van der Waals surface area (Å²) in [6.45, 7) is 3.68. The fraction of sp³-hybridized carbons (Fsp3) is 0.419. The number of fused-ring (bicyclic) bond motifs is 3. The van der Waals surface area contributed by atoms with E-state index in [9.17, 15) is 9.90 Å². The van der Waals surface area contributed by atoms with E-state index in [0.29, 0.717) is 61.5 Å². The molecule has 0 amide bonds. The Balaban J connectivity index is 1.42. The fourth-order valence-electron chi connectivity index (χ4n) is 6.44. The number of benzene rings is 2. The van der Waals surface area contributed by atoms with Crippen molar-refractivity contribution in [3.05, 3.63) is 69.9 Å². The summed E-state index contributed by atoms with van der Waals surface area (Å²) in [7, 11) is 1.84. The lowest BCUT2D eigenvalue weighted by atomic mass is 9.97. The first-order valence-corrected chi connectivity index (χ1v) is 13.9. The number of carbonyl (C=O) groups is 1. The molecule has 3 heterocycles. The maximum absolute atomic E-state index is 15.7. The summed E-state index contributed by atoms with van der Waals surface area (Å²) in [5, 5.41) is 15.8. The van der Waals surface area contributed by atoms with Gasteiger partial charge >= 0.3 is 5.97 Å². The Morgan fingerprint density at radius 1 is 1.15 bits per heavy atom. The molecule has 39 heavy (non-hydrogen) atoms. The van der Waals surface area contributed by atoms with Crippen molar-refractivity contribution in [1.82, 2.24) is 14.3 Å². The molecule has 0 saturated carbocycles. The van der Waals surface area contributed by atoms with Crippen molar-refractivity contribution in [2.24, 2.45) is 7.05 Å². The van der Waals surface area contributed by atoms with E-state index in [0.717, 1.165) is 54.5 Å². The number of rotatable bonds is 6. The molecule has 0 saturated heterocycles. The molecule has 2 aromatic carbocycles. The molecule has 6 rings (SSSR count). The average Bonchev–Trinajstić information content (AvgIpc) is 3.58. The van der Waals surface area contributed by atoms with Crippen molar-refractivity contribution >= 4 is 16.9 Å². The van der Waals surface area contributed by atoms with Gasteiger partial charge in [0.2, 0.25) is 0 Å². The van der Waals surface area contributed by atoms with Gasteiger partial charge in [0.1, 0.15) is 17.3 Å². The molecule has 204 valence electrons. The molecule has 1 N–H and O–H groups in total. The van der Waals surface area contributed by atoms with Crippen molar-refractivity contribution < 1.29 is 23.8 Å². The Bertz CT molecular complexity index is 1570.